The normalized spacial score (nSPS) is 11.8. The highest BCUT2D eigenvalue weighted by Crippen LogP contribution is 2.03. The molecular weight excluding hydrogens is 236 g/mol. The smallest absolute Gasteiger partial charge is 0.333 e. The second-order valence-electron chi connectivity index (χ2n) is 4.02. The predicted molar refractivity (Wildman–Crippen MR) is 66.9 cm³/mol. The Kier molecular flexibility index (Phi) is 7.71. The summed E-state index contributed by atoms with van der Waals surface area (Å²) in [6.07, 6.45) is 0.491. The van der Waals surface area contributed by atoms with Crippen LogP contribution in [-0.4, -0.2) is 37.4 Å². The first kappa shape index (κ1) is 16.4. The molecule has 0 rings (SSSR count). The molecule has 0 aromatic carbocycles. The number of rotatable bonds is 8. The number of carbonyl (C=O) groups is 2. The summed E-state index contributed by atoms with van der Waals surface area (Å²) in [5.41, 5.74) is 0.307. The van der Waals surface area contributed by atoms with Crippen LogP contribution in [0.2, 0.25) is 0 Å². The van der Waals surface area contributed by atoms with E-state index in [4.69, 9.17) is 14.2 Å². The maximum atomic E-state index is 11.2. The van der Waals surface area contributed by atoms with Crippen molar-refractivity contribution in [1.82, 2.24) is 0 Å². The van der Waals surface area contributed by atoms with Crippen molar-refractivity contribution in [2.24, 2.45) is 0 Å². The molecule has 102 valence electrons. The summed E-state index contributed by atoms with van der Waals surface area (Å²) in [4.78, 5) is 22.2. The van der Waals surface area contributed by atoms with E-state index in [9.17, 15) is 9.59 Å². The van der Waals surface area contributed by atoms with Gasteiger partial charge in [0.1, 0.15) is 19.3 Å². The maximum Gasteiger partial charge on any atom is 0.333 e. The lowest BCUT2D eigenvalue weighted by Crippen LogP contribution is -2.30. The van der Waals surface area contributed by atoms with Gasteiger partial charge in [0.15, 0.2) is 0 Å². The van der Waals surface area contributed by atoms with Crippen molar-refractivity contribution < 1.29 is 23.8 Å². The van der Waals surface area contributed by atoms with Gasteiger partial charge in [-0.15, -0.1) is 0 Å². The molecule has 0 aromatic heterocycles. The van der Waals surface area contributed by atoms with Gasteiger partial charge in [0.25, 0.3) is 0 Å². The molecule has 1 unspecified atom stereocenters. The zero-order chi connectivity index (χ0) is 14.1. The van der Waals surface area contributed by atoms with Crippen molar-refractivity contribution in [3.63, 3.8) is 0 Å². The number of carbonyl (C=O) groups excluding carboxylic acids is 2. The minimum atomic E-state index is -0.543. The Hall–Kier alpha value is -1.62. The van der Waals surface area contributed by atoms with Gasteiger partial charge in [0, 0.05) is 11.6 Å². The molecule has 0 radical (unpaired) electrons. The second kappa shape index (κ2) is 8.47. The SMILES string of the molecule is C=CC(=O)OCC(COC(=O)C(=C)C)OC(C)C. The largest absolute Gasteiger partial charge is 0.460 e. The van der Waals surface area contributed by atoms with Gasteiger partial charge >= 0.3 is 11.9 Å². The van der Waals surface area contributed by atoms with Crippen molar-refractivity contribution in [2.75, 3.05) is 13.2 Å². The fourth-order valence-electron chi connectivity index (χ4n) is 1.04. The summed E-state index contributed by atoms with van der Waals surface area (Å²) in [7, 11) is 0. The molecule has 0 saturated carbocycles. The zero-order valence-corrected chi connectivity index (χ0v) is 11.1. The van der Waals surface area contributed by atoms with Gasteiger partial charge in [-0.1, -0.05) is 13.2 Å². The van der Waals surface area contributed by atoms with Gasteiger partial charge in [-0.05, 0) is 20.8 Å². The Balaban J connectivity index is 4.22. The summed E-state index contributed by atoms with van der Waals surface area (Å²) in [6, 6.07) is 0. The third kappa shape index (κ3) is 7.62. The van der Waals surface area contributed by atoms with Gasteiger partial charge in [0.2, 0.25) is 0 Å². The molecule has 0 aliphatic heterocycles. The first-order chi connectivity index (χ1) is 8.36. The Labute approximate surface area is 107 Å². The fourth-order valence-corrected chi connectivity index (χ4v) is 1.04. The highest BCUT2D eigenvalue weighted by molar-refractivity contribution is 5.86. The van der Waals surface area contributed by atoms with Crippen LogP contribution >= 0.6 is 0 Å². The molecule has 0 spiro atoms. The van der Waals surface area contributed by atoms with Crippen molar-refractivity contribution in [3.8, 4) is 0 Å². The fraction of sp³-hybridized carbons (Fsp3) is 0.538. The monoisotopic (exact) mass is 256 g/mol. The molecule has 0 aromatic rings. The molecule has 0 bridgehead atoms. The molecule has 0 fully saturated rings. The van der Waals surface area contributed by atoms with E-state index in [2.05, 4.69) is 13.2 Å². The lowest BCUT2D eigenvalue weighted by atomic mass is 10.3. The van der Waals surface area contributed by atoms with Crippen molar-refractivity contribution in [2.45, 2.75) is 33.0 Å². The van der Waals surface area contributed by atoms with Gasteiger partial charge in [0.05, 0.1) is 6.10 Å². The minimum absolute atomic E-state index is 0.00645. The molecule has 5 heteroatoms. The Bertz CT molecular complexity index is 319. The number of ether oxygens (including phenoxy) is 3. The molecule has 0 heterocycles. The number of hydrogen-bond acceptors (Lipinski definition) is 5. The van der Waals surface area contributed by atoms with E-state index in [0.717, 1.165) is 6.08 Å². The molecule has 0 aliphatic rings. The van der Waals surface area contributed by atoms with E-state index >= 15 is 0 Å². The van der Waals surface area contributed by atoms with E-state index in [1.165, 1.54) is 0 Å². The maximum absolute atomic E-state index is 11.2. The van der Waals surface area contributed by atoms with Crippen LogP contribution in [0, 0.1) is 0 Å². The van der Waals surface area contributed by atoms with Crippen LogP contribution in [-0.2, 0) is 23.8 Å². The third-order valence-electron chi connectivity index (χ3n) is 1.79. The van der Waals surface area contributed by atoms with Crippen molar-refractivity contribution in [3.05, 3.63) is 24.8 Å². The third-order valence-corrected chi connectivity index (χ3v) is 1.79. The van der Waals surface area contributed by atoms with Gasteiger partial charge < -0.3 is 14.2 Å². The van der Waals surface area contributed by atoms with E-state index in [-0.39, 0.29) is 19.3 Å². The summed E-state index contributed by atoms with van der Waals surface area (Å²) < 4.78 is 15.3. The average Bonchev–Trinajstić information content (AvgIpc) is 2.30. The van der Waals surface area contributed by atoms with E-state index in [1.54, 1.807) is 6.92 Å². The highest BCUT2D eigenvalue weighted by atomic mass is 16.6. The lowest BCUT2D eigenvalue weighted by molar-refractivity contribution is -0.152. The molecule has 0 N–H and O–H groups in total. The molecular formula is C13H20O5. The van der Waals surface area contributed by atoms with Crippen LogP contribution in [0.25, 0.3) is 0 Å². The Morgan fingerprint density at radius 3 is 2.22 bits per heavy atom. The van der Waals surface area contributed by atoms with E-state index < -0.39 is 18.0 Å². The second-order valence-corrected chi connectivity index (χ2v) is 4.02. The molecule has 18 heavy (non-hydrogen) atoms. The quantitative estimate of drug-likeness (QED) is 0.488. The van der Waals surface area contributed by atoms with E-state index in [0.29, 0.717) is 5.57 Å². The first-order valence-electron chi connectivity index (χ1n) is 5.64. The highest BCUT2D eigenvalue weighted by Gasteiger charge is 2.16. The Morgan fingerprint density at radius 2 is 1.78 bits per heavy atom. The van der Waals surface area contributed by atoms with Crippen LogP contribution in [0.15, 0.2) is 24.8 Å². The molecule has 0 saturated heterocycles. The standard InChI is InChI=1S/C13H20O5/c1-6-12(14)16-7-11(18-10(4)5)8-17-13(15)9(2)3/h6,10-11H,1-2,7-8H2,3-5H3. The average molecular weight is 256 g/mol. The molecule has 5 nitrogen and oxygen atoms in total. The molecule has 1 atom stereocenters. The van der Waals surface area contributed by atoms with Crippen LogP contribution in [0.4, 0.5) is 0 Å². The van der Waals surface area contributed by atoms with Crippen molar-refractivity contribution in [1.29, 1.82) is 0 Å². The van der Waals surface area contributed by atoms with Crippen LogP contribution in [0.5, 0.6) is 0 Å². The van der Waals surface area contributed by atoms with Crippen molar-refractivity contribution >= 4 is 11.9 Å². The summed E-state index contributed by atoms with van der Waals surface area (Å²) >= 11 is 0. The van der Waals surface area contributed by atoms with Gasteiger partial charge in [-0.3, -0.25) is 0 Å². The summed E-state index contributed by atoms with van der Waals surface area (Å²) in [5, 5.41) is 0. The zero-order valence-electron chi connectivity index (χ0n) is 11.1. The van der Waals surface area contributed by atoms with Gasteiger partial charge in [-0.25, -0.2) is 9.59 Å². The lowest BCUT2D eigenvalue weighted by Gasteiger charge is -2.19. The van der Waals surface area contributed by atoms with Gasteiger partial charge in [-0.2, -0.15) is 0 Å². The summed E-state index contributed by atoms with van der Waals surface area (Å²) in [5.74, 6) is -1.04. The van der Waals surface area contributed by atoms with Crippen LogP contribution in [0.3, 0.4) is 0 Å². The first-order valence-corrected chi connectivity index (χ1v) is 5.64. The van der Waals surface area contributed by atoms with Crippen LogP contribution in [0.1, 0.15) is 20.8 Å². The Morgan fingerprint density at radius 1 is 1.22 bits per heavy atom. The van der Waals surface area contributed by atoms with Crippen LogP contribution < -0.4 is 0 Å². The molecule has 0 amide bonds. The van der Waals surface area contributed by atoms with E-state index in [1.807, 2.05) is 13.8 Å². The topological polar surface area (TPSA) is 61.8 Å². The number of hydrogen-bond donors (Lipinski definition) is 0. The summed E-state index contributed by atoms with van der Waals surface area (Å²) in [6.45, 7) is 12.0. The molecule has 0 aliphatic carbocycles. The number of esters is 2. The predicted octanol–water partition coefficient (Wildman–Crippen LogP) is 1.63. The minimum Gasteiger partial charge on any atom is -0.460 e.